The Balaban J connectivity index is 1.93. The SMILES string of the molecule is COc1ccc2c(c1)[C@@H](NC(=O)c1ccccc1SC)CC(C)(C)O2. The van der Waals surface area contributed by atoms with E-state index in [1.807, 2.05) is 62.6 Å². The minimum Gasteiger partial charge on any atom is -0.497 e. The lowest BCUT2D eigenvalue weighted by Gasteiger charge is -2.38. The first-order valence-electron chi connectivity index (χ1n) is 8.24. The number of carbonyl (C=O) groups excluding carboxylic acids is 1. The van der Waals surface area contributed by atoms with E-state index in [1.165, 1.54) is 0 Å². The molecule has 25 heavy (non-hydrogen) atoms. The van der Waals surface area contributed by atoms with Crippen LogP contribution in [0, 0.1) is 0 Å². The first-order valence-corrected chi connectivity index (χ1v) is 9.47. The van der Waals surface area contributed by atoms with Gasteiger partial charge < -0.3 is 14.8 Å². The molecule has 4 nitrogen and oxygen atoms in total. The van der Waals surface area contributed by atoms with E-state index in [-0.39, 0.29) is 17.6 Å². The summed E-state index contributed by atoms with van der Waals surface area (Å²) in [4.78, 5) is 13.8. The third-order valence-corrected chi connectivity index (χ3v) is 5.13. The van der Waals surface area contributed by atoms with Gasteiger partial charge in [0.1, 0.15) is 17.1 Å². The average molecular weight is 357 g/mol. The van der Waals surface area contributed by atoms with Crippen LogP contribution in [0.5, 0.6) is 11.5 Å². The van der Waals surface area contributed by atoms with Crippen molar-refractivity contribution < 1.29 is 14.3 Å². The van der Waals surface area contributed by atoms with Crippen molar-refractivity contribution in [1.82, 2.24) is 5.32 Å². The van der Waals surface area contributed by atoms with E-state index >= 15 is 0 Å². The number of thioether (sulfide) groups is 1. The molecule has 0 aliphatic carbocycles. The number of nitrogens with one attached hydrogen (secondary N) is 1. The zero-order valence-corrected chi connectivity index (χ0v) is 15.8. The summed E-state index contributed by atoms with van der Waals surface area (Å²) in [5, 5.41) is 3.19. The van der Waals surface area contributed by atoms with Crippen molar-refractivity contribution in [3.8, 4) is 11.5 Å². The van der Waals surface area contributed by atoms with Crippen molar-refractivity contribution in [3.05, 3.63) is 53.6 Å². The zero-order valence-electron chi connectivity index (χ0n) is 15.0. The Hall–Kier alpha value is -2.14. The molecule has 0 saturated carbocycles. The Morgan fingerprint density at radius 3 is 2.76 bits per heavy atom. The fraction of sp³-hybridized carbons (Fsp3) is 0.350. The Bertz CT molecular complexity index is 788. The molecule has 1 aliphatic rings. The molecule has 0 radical (unpaired) electrons. The molecule has 2 aromatic carbocycles. The first-order chi connectivity index (χ1) is 11.9. The molecule has 5 heteroatoms. The van der Waals surface area contributed by atoms with E-state index in [0.717, 1.165) is 22.0 Å². The van der Waals surface area contributed by atoms with Gasteiger partial charge in [0.05, 0.1) is 18.7 Å². The maximum atomic E-state index is 12.9. The lowest BCUT2D eigenvalue weighted by atomic mass is 9.89. The van der Waals surface area contributed by atoms with Gasteiger partial charge in [0.2, 0.25) is 0 Å². The smallest absolute Gasteiger partial charge is 0.252 e. The number of hydrogen-bond acceptors (Lipinski definition) is 4. The maximum absolute atomic E-state index is 12.9. The number of methoxy groups -OCH3 is 1. The summed E-state index contributed by atoms with van der Waals surface area (Å²) in [6.45, 7) is 4.07. The highest BCUT2D eigenvalue weighted by molar-refractivity contribution is 7.98. The minimum absolute atomic E-state index is 0.0681. The van der Waals surface area contributed by atoms with Crippen LogP contribution in [0.25, 0.3) is 0 Å². The highest BCUT2D eigenvalue weighted by atomic mass is 32.2. The van der Waals surface area contributed by atoms with Gasteiger partial charge in [0, 0.05) is 16.9 Å². The second kappa shape index (κ2) is 7.00. The number of fused-ring (bicyclic) bond motifs is 1. The molecule has 1 heterocycles. The van der Waals surface area contributed by atoms with Gasteiger partial charge in [-0.05, 0) is 50.4 Å². The molecule has 3 rings (SSSR count). The first kappa shape index (κ1) is 17.7. The molecule has 1 amide bonds. The number of amides is 1. The van der Waals surface area contributed by atoms with E-state index < -0.39 is 0 Å². The Morgan fingerprint density at radius 1 is 1.28 bits per heavy atom. The van der Waals surface area contributed by atoms with Gasteiger partial charge in [-0.15, -0.1) is 11.8 Å². The fourth-order valence-corrected chi connectivity index (χ4v) is 3.75. The quantitative estimate of drug-likeness (QED) is 0.821. The number of carbonyl (C=O) groups is 1. The van der Waals surface area contributed by atoms with E-state index in [4.69, 9.17) is 9.47 Å². The van der Waals surface area contributed by atoms with Crippen LogP contribution in [0.2, 0.25) is 0 Å². The van der Waals surface area contributed by atoms with Crippen LogP contribution in [-0.2, 0) is 0 Å². The molecular formula is C20H23NO3S. The molecule has 1 aliphatic heterocycles. The fourth-order valence-electron chi connectivity index (χ4n) is 3.16. The van der Waals surface area contributed by atoms with Gasteiger partial charge in [-0.2, -0.15) is 0 Å². The topological polar surface area (TPSA) is 47.6 Å². The lowest BCUT2D eigenvalue weighted by Crippen LogP contribution is -2.41. The standard InChI is InChI=1S/C20H23NO3S/c1-20(2)12-16(15-11-13(23-3)9-10-17(15)24-20)21-19(22)14-7-5-6-8-18(14)25-4/h5-11,16H,12H2,1-4H3,(H,21,22)/t16-/m0/s1. The number of hydrogen-bond donors (Lipinski definition) is 1. The molecule has 1 atom stereocenters. The summed E-state index contributed by atoms with van der Waals surface area (Å²) >= 11 is 1.57. The van der Waals surface area contributed by atoms with Crippen LogP contribution in [-0.4, -0.2) is 24.9 Å². The van der Waals surface area contributed by atoms with Crippen LogP contribution in [0.15, 0.2) is 47.4 Å². The second-order valence-electron chi connectivity index (χ2n) is 6.70. The van der Waals surface area contributed by atoms with Gasteiger partial charge in [0.15, 0.2) is 0 Å². The van der Waals surface area contributed by atoms with Gasteiger partial charge in [-0.3, -0.25) is 4.79 Å². The van der Waals surface area contributed by atoms with Crippen LogP contribution >= 0.6 is 11.8 Å². The van der Waals surface area contributed by atoms with Gasteiger partial charge >= 0.3 is 0 Å². The molecule has 0 bridgehead atoms. The summed E-state index contributed by atoms with van der Waals surface area (Å²) < 4.78 is 11.4. The monoisotopic (exact) mass is 357 g/mol. The normalized spacial score (nSPS) is 18.0. The van der Waals surface area contributed by atoms with E-state index in [2.05, 4.69) is 5.32 Å². The van der Waals surface area contributed by atoms with Crippen molar-refractivity contribution in [2.75, 3.05) is 13.4 Å². The summed E-state index contributed by atoms with van der Waals surface area (Å²) in [7, 11) is 1.64. The Labute approximate surface area is 152 Å². The van der Waals surface area contributed by atoms with Crippen LogP contribution in [0.3, 0.4) is 0 Å². The molecule has 1 N–H and O–H groups in total. The largest absolute Gasteiger partial charge is 0.497 e. The van der Waals surface area contributed by atoms with Gasteiger partial charge in [-0.1, -0.05) is 12.1 Å². The maximum Gasteiger partial charge on any atom is 0.252 e. The zero-order chi connectivity index (χ0) is 18.0. The third-order valence-electron chi connectivity index (χ3n) is 4.33. The third kappa shape index (κ3) is 3.76. The van der Waals surface area contributed by atoms with Crippen LogP contribution < -0.4 is 14.8 Å². The Kier molecular flexibility index (Phi) is 4.95. The summed E-state index contributed by atoms with van der Waals surface area (Å²) in [6, 6.07) is 13.3. The van der Waals surface area contributed by atoms with Crippen molar-refractivity contribution in [1.29, 1.82) is 0 Å². The predicted octanol–water partition coefficient (Wildman–Crippen LogP) is 4.45. The van der Waals surface area contributed by atoms with Gasteiger partial charge in [0.25, 0.3) is 5.91 Å². The average Bonchev–Trinajstić information content (AvgIpc) is 2.60. The van der Waals surface area contributed by atoms with Crippen molar-refractivity contribution in [2.24, 2.45) is 0 Å². The predicted molar refractivity (Wildman–Crippen MR) is 101 cm³/mol. The van der Waals surface area contributed by atoms with E-state index in [9.17, 15) is 4.79 Å². The summed E-state index contributed by atoms with van der Waals surface area (Å²) in [6.07, 6.45) is 2.67. The molecule has 0 fully saturated rings. The molecule has 0 saturated heterocycles. The van der Waals surface area contributed by atoms with Crippen molar-refractivity contribution >= 4 is 17.7 Å². The molecule has 132 valence electrons. The summed E-state index contributed by atoms with van der Waals surface area (Å²) in [5.74, 6) is 1.48. The highest BCUT2D eigenvalue weighted by Crippen LogP contribution is 2.41. The second-order valence-corrected chi connectivity index (χ2v) is 7.54. The van der Waals surface area contributed by atoms with Crippen LogP contribution in [0.4, 0.5) is 0 Å². The van der Waals surface area contributed by atoms with Crippen molar-refractivity contribution in [2.45, 2.75) is 36.8 Å². The Morgan fingerprint density at radius 2 is 2.04 bits per heavy atom. The van der Waals surface area contributed by atoms with E-state index in [0.29, 0.717) is 12.0 Å². The highest BCUT2D eigenvalue weighted by Gasteiger charge is 2.35. The van der Waals surface area contributed by atoms with E-state index in [1.54, 1.807) is 18.9 Å². The number of rotatable bonds is 4. The molecular weight excluding hydrogens is 334 g/mol. The van der Waals surface area contributed by atoms with Gasteiger partial charge in [-0.25, -0.2) is 0 Å². The lowest BCUT2D eigenvalue weighted by molar-refractivity contribution is 0.0617. The minimum atomic E-state index is -0.349. The molecule has 2 aromatic rings. The summed E-state index contributed by atoms with van der Waals surface area (Å²) in [5.41, 5.74) is 1.30. The molecule has 0 unspecified atom stereocenters. The number of ether oxygens (including phenoxy) is 2. The molecule has 0 aromatic heterocycles. The van der Waals surface area contributed by atoms with Crippen LogP contribution in [0.1, 0.15) is 42.2 Å². The number of benzene rings is 2. The molecule has 0 spiro atoms. The van der Waals surface area contributed by atoms with Crippen molar-refractivity contribution in [3.63, 3.8) is 0 Å².